The molecule has 1 N–H and O–H groups in total. The molecule has 9 nitrogen and oxygen atoms in total. The lowest BCUT2D eigenvalue weighted by atomic mass is 9.97. The fourth-order valence-electron chi connectivity index (χ4n) is 4.96. The number of imidazole rings is 1. The Bertz CT molecular complexity index is 1180. The van der Waals surface area contributed by atoms with Crippen molar-refractivity contribution in [2.45, 2.75) is 45.1 Å². The number of carbonyl (C=O) groups is 1. The highest BCUT2D eigenvalue weighted by Gasteiger charge is 2.29. The molecule has 0 aliphatic carbocycles. The SMILES string of the molecule is O=C(Nc1ccc2c(c1)OCO2)[C@H]1CCCN(c2ncnc3c2nc2n3CCCCC2)C1. The third kappa shape index (κ3) is 3.41. The summed E-state index contributed by atoms with van der Waals surface area (Å²) in [6.07, 6.45) is 7.94. The van der Waals surface area contributed by atoms with E-state index < -0.39 is 0 Å². The first-order valence-electron chi connectivity index (χ1n) is 11.4. The number of nitrogens with zero attached hydrogens (tertiary/aromatic N) is 5. The summed E-state index contributed by atoms with van der Waals surface area (Å²) in [4.78, 5) is 29.3. The minimum Gasteiger partial charge on any atom is -0.454 e. The third-order valence-corrected chi connectivity index (χ3v) is 6.61. The smallest absolute Gasteiger partial charge is 0.231 e. The maximum absolute atomic E-state index is 13.0. The van der Waals surface area contributed by atoms with E-state index in [0.717, 1.165) is 73.7 Å². The van der Waals surface area contributed by atoms with Crippen molar-refractivity contribution in [1.82, 2.24) is 19.5 Å². The number of benzene rings is 1. The number of hydrogen-bond donors (Lipinski definition) is 1. The molecule has 166 valence electrons. The lowest BCUT2D eigenvalue weighted by Crippen LogP contribution is -2.41. The molecule has 0 saturated carbocycles. The van der Waals surface area contributed by atoms with Crippen LogP contribution in [0.1, 0.15) is 37.9 Å². The number of aryl methyl sites for hydroxylation is 2. The molecule has 3 aromatic rings. The predicted octanol–water partition coefficient (Wildman–Crippen LogP) is 3.14. The number of fused-ring (bicyclic) bond motifs is 4. The van der Waals surface area contributed by atoms with Crippen molar-refractivity contribution in [3.05, 3.63) is 30.4 Å². The number of hydrogen-bond acceptors (Lipinski definition) is 7. The Morgan fingerprint density at radius 1 is 1.06 bits per heavy atom. The molecule has 3 aliphatic heterocycles. The largest absolute Gasteiger partial charge is 0.454 e. The van der Waals surface area contributed by atoms with Crippen LogP contribution in [-0.4, -0.2) is 45.3 Å². The van der Waals surface area contributed by atoms with Crippen molar-refractivity contribution in [3.8, 4) is 11.5 Å². The molecule has 3 aliphatic rings. The fourth-order valence-corrected chi connectivity index (χ4v) is 4.96. The van der Waals surface area contributed by atoms with Gasteiger partial charge in [-0.1, -0.05) is 6.42 Å². The van der Waals surface area contributed by atoms with E-state index in [4.69, 9.17) is 14.5 Å². The molecule has 0 radical (unpaired) electrons. The van der Waals surface area contributed by atoms with E-state index in [0.29, 0.717) is 18.0 Å². The van der Waals surface area contributed by atoms with Gasteiger partial charge in [0.2, 0.25) is 12.7 Å². The molecule has 1 fully saturated rings. The van der Waals surface area contributed by atoms with Crippen molar-refractivity contribution >= 4 is 28.6 Å². The maximum Gasteiger partial charge on any atom is 0.231 e. The highest BCUT2D eigenvalue weighted by atomic mass is 16.7. The average molecular weight is 435 g/mol. The Morgan fingerprint density at radius 3 is 2.97 bits per heavy atom. The fraction of sp³-hybridized carbons (Fsp3) is 0.478. The number of carbonyl (C=O) groups excluding carboxylic acids is 1. The minimum absolute atomic E-state index is 0.0134. The molecular formula is C23H26N6O3. The molecule has 9 heteroatoms. The van der Waals surface area contributed by atoms with E-state index in [2.05, 4.69) is 24.8 Å². The summed E-state index contributed by atoms with van der Waals surface area (Å²) in [5.74, 6) is 3.21. The Kier molecular flexibility index (Phi) is 4.81. The van der Waals surface area contributed by atoms with Crippen molar-refractivity contribution in [2.75, 3.05) is 30.1 Å². The normalized spacial score (nSPS) is 20.1. The summed E-state index contributed by atoms with van der Waals surface area (Å²) in [6, 6.07) is 5.48. The van der Waals surface area contributed by atoms with Crippen molar-refractivity contribution in [2.24, 2.45) is 5.92 Å². The van der Waals surface area contributed by atoms with Gasteiger partial charge in [-0.2, -0.15) is 0 Å². The Hall–Kier alpha value is -3.36. The van der Waals surface area contributed by atoms with Gasteiger partial charge < -0.3 is 24.3 Å². The van der Waals surface area contributed by atoms with Gasteiger partial charge in [-0.15, -0.1) is 0 Å². The summed E-state index contributed by atoms with van der Waals surface area (Å²) in [5.41, 5.74) is 2.50. The van der Waals surface area contributed by atoms with E-state index in [1.54, 1.807) is 6.33 Å². The van der Waals surface area contributed by atoms with Gasteiger partial charge in [-0.05, 0) is 37.8 Å². The number of ether oxygens (including phenoxy) is 2. The third-order valence-electron chi connectivity index (χ3n) is 6.61. The number of aromatic nitrogens is 4. The second-order valence-corrected chi connectivity index (χ2v) is 8.70. The quantitative estimate of drug-likeness (QED) is 0.677. The summed E-state index contributed by atoms with van der Waals surface area (Å²) >= 11 is 0. The second kappa shape index (κ2) is 7.96. The van der Waals surface area contributed by atoms with Gasteiger partial charge in [0.25, 0.3) is 0 Å². The first kappa shape index (κ1) is 19.3. The topological polar surface area (TPSA) is 94.4 Å². The molecule has 1 atom stereocenters. The van der Waals surface area contributed by atoms with E-state index in [9.17, 15) is 4.79 Å². The zero-order valence-electron chi connectivity index (χ0n) is 17.9. The van der Waals surface area contributed by atoms with Gasteiger partial charge >= 0.3 is 0 Å². The molecule has 0 bridgehead atoms. The summed E-state index contributed by atoms with van der Waals surface area (Å²) in [7, 11) is 0. The zero-order chi connectivity index (χ0) is 21.5. The molecule has 2 aromatic heterocycles. The van der Waals surface area contributed by atoms with Gasteiger partial charge in [-0.3, -0.25) is 4.79 Å². The lowest BCUT2D eigenvalue weighted by molar-refractivity contribution is -0.120. The summed E-state index contributed by atoms with van der Waals surface area (Å²) in [6.45, 7) is 2.66. The van der Waals surface area contributed by atoms with E-state index in [1.165, 1.54) is 6.42 Å². The summed E-state index contributed by atoms with van der Waals surface area (Å²) < 4.78 is 13.0. The van der Waals surface area contributed by atoms with Gasteiger partial charge in [-0.25, -0.2) is 15.0 Å². The Balaban J connectivity index is 1.22. The molecule has 0 unspecified atom stereocenters. The number of nitrogens with one attached hydrogen (secondary N) is 1. The van der Waals surface area contributed by atoms with E-state index >= 15 is 0 Å². The summed E-state index contributed by atoms with van der Waals surface area (Å²) in [5, 5.41) is 3.04. The lowest BCUT2D eigenvalue weighted by Gasteiger charge is -2.32. The molecule has 5 heterocycles. The van der Waals surface area contributed by atoms with Crippen LogP contribution in [0.4, 0.5) is 11.5 Å². The minimum atomic E-state index is -0.125. The first-order chi connectivity index (χ1) is 15.8. The maximum atomic E-state index is 13.0. The molecule has 1 aromatic carbocycles. The van der Waals surface area contributed by atoms with Crippen molar-refractivity contribution in [3.63, 3.8) is 0 Å². The van der Waals surface area contributed by atoms with Gasteiger partial charge in [0.05, 0.1) is 5.92 Å². The van der Waals surface area contributed by atoms with Crippen LogP contribution in [0.25, 0.3) is 11.2 Å². The van der Waals surface area contributed by atoms with Crippen LogP contribution >= 0.6 is 0 Å². The number of rotatable bonds is 3. The number of piperidine rings is 1. The van der Waals surface area contributed by atoms with Crippen LogP contribution in [0.2, 0.25) is 0 Å². The average Bonchev–Trinajstić information content (AvgIpc) is 3.36. The standard InChI is InChI=1S/C23H26N6O3/c30-23(26-16-7-8-17-18(11-16)32-14-31-17)15-5-4-9-28(12-15)21-20-22(25-13-24-21)29-10-3-1-2-6-19(29)27-20/h7-8,11,13,15H,1-6,9-10,12,14H2,(H,26,30)/t15-/m0/s1. The highest BCUT2D eigenvalue weighted by Crippen LogP contribution is 2.35. The second-order valence-electron chi connectivity index (χ2n) is 8.70. The molecule has 0 spiro atoms. The number of anilines is 2. The molecule has 6 rings (SSSR count). The molecule has 1 amide bonds. The molecule has 1 saturated heterocycles. The van der Waals surface area contributed by atoms with Crippen LogP contribution in [0.5, 0.6) is 11.5 Å². The number of amides is 1. The van der Waals surface area contributed by atoms with Gasteiger partial charge in [0.1, 0.15) is 12.2 Å². The van der Waals surface area contributed by atoms with E-state index in [1.807, 2.05) is 18.2 Å². The predicted molar refractivity (Wildman–Crippen MR) is 119 cm³/mol. The molecule has 32 heavy (non-hydrogen) atoms. The van der Waals surface area contributed by atoms with Crippen molar-refractivity contribution < 1.29 is 14.3 Å². The van der Waals surface area contributed by atoms with Gasteiger partial charge in [0, 0.05) is 37.8 Å². The highest BCUT2D eigenvalue weighted by molar-refractivity contribution is 5.93. The first-order valence-corrected chi connectivity index (χ1v) is 11.4. The van der Waals surface area contributed by atoms with Crippen molar-refractivity contribution in [1.29, 1.82) is 0 Å². The van der Waals surface area contributed by atoms with Crippen LogP contribution in [0, 0.1) is 5.92 Å². The van der Waals surface area contributed by atoms with Crippen LogP contribution < -0.4 is 19.7 Å². The Labute approximate surface area is 185 Å². The van der Waals surface area contributed by atoms with E-state index in [-0.39, 0.29) is 18.6 Å². The van der Waals surface area contributed by atoms with Crippen LogP contribution in [0.3, 0.4) is 0 Å². The Morgan fingerprint density at radius 2 is 2.00 bits per heavy atom. The van der Waals surface area contributed by atoms with Gasteiger partial charge in [0.15, 0.2) is 28.5 Å². The van der Waals surface area contributed by atoms with Crippen LogP contribution in [-0.2, 0) is 17.8 Å². The molecular weight excluding hydrogens is 408 g/mol. The monoisotopic (exact) mass is 434 g/mol. The zero-order valence-corrected chi connectivity index (χ0v) is 17.9. The van der Waals surface area contributed by atoms with Crippen LogP contribution in [0.15, 0.2) is 24.5 Å².